The summed E-state index contributed by atoms with van der Waals surface area (Å²) in [4.78, 5) is 12.6. The first kappa shape index (κ1) is 19.9. The molecule has 1 amide bonds. The molecule has 3 rings (SSSR count). The van der Waals surface area contributed by atoms with E-state index in [-0.39, 0.29) is 10.5 Å². The lowest BCUT2D eigenvalue weighted by Gasteiger charge is -2.20. The molecule has 0 heterocycles. The summed E-state index contributed by atoms with van der Waals surface area (Å²) < 4.78 is 27.2. The summed E-state index contributed by atoms with van der Waals surface area (Å²) in [5.41, 5.74) is 2.27. The quantitative estimate of drug-likeness (QED) is 0.656. The van der Waals surface area contributed by atoms with E-state index in [2.05, 4.69) is 5.32 Å². The standard InChI is InChI=1S/C21H19ClN2O3S/c1-15-6-3-10-19(12-15)24(2)28(26,27)20-11-4-7-16(13-20)21(25)23-18-9-5-8-17(22)14-18/h3-14H,1-2H3,(H,23,25). The van der Waals surface area contributed by atoms with E-state index in [1.165, 1.54) is 23.5 Å². The maximum atomic E-state index is 13.0. The summed E-state index contributed by atoms with van der Waals surface area (Å²) in [6.07, 6.45) is 0. The number of hydrogen-bond donors (Lipinski definition) is 1. The molecule has 0 aliphatic heterocycles. The van der Waals surface area contributed by atoms with Gasteiger partial charge in [0.1, 0.15) is 0 Å². The number of benzene rings is 3. The van der Waals surface area contributed by atoms with Crippen molar-refractivity contribution in [3.05, 3.63) is 88.9 Å². The van der Waals surface area contributed by atoms with Gasteiger partial charge in [-0.05, 0) is 61.0 Å². The average Bonchev–Trinajstić information content (AvgIpc) is 2.67. The summed E-state index contributed by atoms with van der Waals surface area (Å²) in [6, 6.07) is 19.9. The maximum Gasteiger partial charge on any atom is 0.264 e. The lowest BCUT2D eigenvalue weighted by molar-refractivity contribution is 0.102. The lowest BCUT2D eigenvalue weighted by atomic mass is 10.2. The van der Waals surface area contributed by atoms with Crippen LogP contribution in [0.3, 0.4) is 0 Å². The number of nitrogens with zero attached hydrogens (tertiary/aromatic N) is 1. The number of nitrogens with one attached hydrogen (secondary N) is 1. The molecule has 144 valence electrons. The molecule has 0 saturated heterocycles. The smallest absolute Gasteiger partial charge is 0.264 e. The van der Waals surface area contributed by atoms with Crippen LogP contribution < -0.4 is 9.62 Å². The number of carbonyl (C=O) groups is 1. The van der Waals surface area contributed by atoms with Crippen LogP contribution in [0.4, 0.5) is 11.4 Å². The van der Waals surface area contributed by atoms with Gasteiger partial charge in [-0.3, -0.25) is 9.10 Å². The Morgan fingerprint density at radius 1 is 0.964 bits per heavy atom. The van der Waals surface area contributed by atoms with E-state index in [1.54, 1.807) is 54.6 Å². The topological polar surface area (TPSA) is 66.5 Å². The van der Waals surface area contributed by atoms with Crippen LogP contribution in [0.25, 0.3) is 0 Å². The number of hydrogen-bond acceptors (Lipinski definition) is 3. The van der Waals surface area contributed by atoms with Crippen LogP contribution in [0.15, 0.2) is 77.7 Å². The summed E-state index contributed by atoms with van der Waals surface area (Å²) in [6.45, 7) is 1.89. The molecule has 1 N–H and O–H groups in total. The molecule has 0 bridgehead atoms. The van der Waals surface area contributed by atoms with Gasteiger partial charge in [-0.2, -0.15) is 0 Å². The number of halogens is 1. The zero-order valence-electron chi connectivity index (χ0n) is 15.4. The van der Waals surface area contributed by atoms with Gasteiger partial charge in [0.2, 0.25) is 0 Å². The number of rotatable bonds is 5. The van der Waals surface area contributed by atoms with Crippen molar-refractivity contribution in [2.75, 3.05) is 16.7 Å². The fourth-order valence-electron chi connectivity index (χ4n) is 2.69. The van der Waals surface area contributed by atoms with Crippen molar-refractivity contribution in [2.24, 2.45) is 0 Å². The zero-order chi connectivity index (χ0) is 20.3. The molecule has 0 spiro atoms. The number of anilines is 2. The van der Waals surface area contributed by atoms with Crippen LogP contribution in [-0.2, 0) is 10.0 Å². The SMILES string of the molecule is Cc1cccc(N(C)S(=O)(=O)c2cccc(C(=O)Nc3cccc(Cl)c3)c2)c1. The molecule has 0 aromatic heterocycles. The molecule has 0 radical (unpaired) electrons. The minimum Gasteiger partial charge on any atom is -0.322 e. The van der Waals surface area contributed by atoms with Crippen molar-refractivity contribution in [3.63, 3.8) is 0 Å². The van der Waals surface area contributed by atoms with Crippen LogP contribution in [0.5, 0.6) is 0 Å². The summed E-state index contributed by atoms with van der Waals surface area (Å²) >= 11 is 5.93. The molecule has 0 saturated carbocycles. The van der Waals surface area contributed by atoms with Gasteiger partial charge >= 0.3 is 0 Å². The number of aryl methyl sites for hydroxylation is 1. The molecular weight excluding hydrogens is 396 g/mol. The molecule has 5 nitrogen and oxygen atoms in total. The largest absolute Gasteiger partial charge is 0.322 e. The second kappa shape index (κ2) is 8.04. The molecular formula is C21H19ClN2O3S. The Morgan fingerprint density at radius 3 is 2.39 bits per heavy atom. The molecule has 0 fully saturated rings. The molecule has 0 aliphatic carbocycles. The monoisotopic (exact) mass is 414 g/mol. The second-order valence-corrected chi connectivity index (χ2v) is 8.71. The number of amides is 1. The molecule has 28 heavy (non-hydrogen) atoms. The normalized spacial score (nSPS) is 11.1. The summed E-state index contributed by atoms with van der Waals surface area (Å²) in [5.74, 6) is -0.419. The first-order valence-electron chi connectivity index (χ1n) is 8.50. The van der Waals surface area contributed by atoms with E-state index >= 15 is 0 Å². The second-order valence-electron chi connectivity index (χ2n) is 6.30. The first-order chi connectivity index (χ1) is 13.3. The number of sulfonamides is 1. The number of carbonyl (C=O) groups excluding carboxylic acids is 1. The molecule has 0 aliphatic rings. The van der Waals surface area contributed by atoms with Gasteiger partial charge in [-0.1, -0.05) is 35.9 Å². The highest BCUT2D eigenvalue weighted by Crippen LogP contribution is 2.24. The van der Waals surface area contributed by atoms with E-state index in [0.717, 1.165) is 5.56 Å². The Hall–Kier alpha value is -2.83. The molecule has 3 aromatic rings. The van der Waals surface area contributed by atoms with Crippen molar-refractivity contribution in [2.45, 2.75) is 11.8 Å². The minimum absolute atomic E-state index is 0.0373. The Bertz CT molecular complexity index is 1130. The zero-order valence-corrected chi connectivity index (χ0v) is 17.0. The van der Waals surface area contributed by atoms with Gasteiger partial charge in [0.15, 0.2) is 0 Å². The predicted molar refractivity (Wildman–Crippen MR) is 113 cm³/mol. The van der Waals surface area contributed by atoms with Gasteiger partial charge in [-0.15, -0.1) is 0 Å². The highest BCUT2D eigenvalue weighted by atomic mass is 35.5. The molecule has 7 heteroatoms. The van der Waals surface area contributed by atoms with Crippen molar-refractivity contribution < 1.29 is 13.2 Å². The van der Waals surface area contributed by atoms with Gasteiger partial charge in [0.25, 0.3) is 15.9 Å². The summed E-state index contributed by atoms with van der Waals surface area (Å²) in [7, 11) is -2.32. The van der Waals surface area contributed by atoms with Crippen molar-refractivity contribution in [1.82, 2.24) is 0 Å². The van der Waals surface area contributed by atoms with Crippen molar-refractivity contribution >= 4 is 38.9 Å². The molecule has 0 atom stereocenters. The van der Waals surface area contributed by atoms with E-state index in [4.69, 9.17) is 11.6 Å². The van der Waals surface area contributed by atoms with E-state index in [9.17, 15) is 13.2 Å². The van der Waals surface area contributed by atoms with Crippen LogP contribution in [0.2, 0.25) is 5.02 Å². The van der Waals surface area contributed by atoms with E-state index in [1.807, 2.05) is 13.0 Å². The van der Waals surface area contributed by atoms with Crippen LogP contribution >= 0.6 is 11.6 Å². The van der Waals surface area contributed by atoms with Crippen molar-refractivity contribution in [1.29, 1.82) is 0 Å². The average molecular weight is 415 g/mol. The predicted octanol–water partition coefficient (Wildman–Crippen LogP) is 4.73. The van der Waals surface area contributed by atoms with Crippen LogP contribution in [0, 0.1) is 6.92 Å². The van der Waals surface area contributed by atoms with Crippen molar-refractivity contribution in [3.8, 4) is 0 Å². The van der Waals surface area contributed by atoms with Crippen LogP contribution in [-0.4, -0.2) is 21.4 Å². The fourth-order valence-corrected chi connectivity index (χ4v) is 4.11. The van der Waals surface area contributed by atoms with Gasteiger partial charge < -0.3 is 5.32 Å². The highest BCUT2D eigenvalue weighted by molar-refractivity contribution is 7.92. The van der Waals surface area contributed by atoms with E-state index in [0.29, 0.717) is 16.4 Å². The third-order valence-corrected chi connectivity index (χ3v) is 6.22. The maximum absolute atomic E-state index is 13.0. The van der Waals surface area contributed by atoms with Crippen LogP contribution in [0.1, 0.15) is 15.9 Å². The Kier molecular flexibility index (Phi) is 5.72. The minimum atomic E-state index is -3.81. The van der Waals surface area contributed by atoms with E-state index < -0.39 is 15.9 Å². The van der Waals surface area contributed by atoms with Gasteiger partial charge in [-0.25, -0.2) is 8.42 Å². The Balaban J connectivity index is 1.88. The Labute approximate surface area is 169 Å². The molecule has 0 unspecified atom stereocenters. The highest BCUT2D eigenvalue weighted by Gasteiger charge is 2.22. The lowest BCUT2D eigenvalue weighted by Crippen LogP contribution is -2.27. The third-order valence-electron chi connectivity index (χ3n) is 4.20. The third kappa shape index (κ3) is 4.35. The summed E-state index contributed by atoms with van der Waals surface area (Å²) in [5, 5.41) is 3.21. The molecule has 3 aromatic carbocycles. The van der Waals surface area contributed by atoms with Gasteiger partial charge in [0.05, 0.1) is 10.6 Å². The van der Waals surface area contributed by atoms with Gasteiger partial charge in [0, 0.05) is 23.3 Å². The first-order valence-corrected chi connectivity index (χ1v) is 10.3. The fraction of sp³-hybridized carbons (Fsp3) is 0.0952. The Morgan fingerprint density at radius 2 is 1.68 bits per heavy atom.